The Morgan fingerprint density at radius 1 is 1.09 bits per heavy atom. The van der Waals surface area contributed by atoms with E-state index in [4.69, 9.17) is 9.47 Å². The summed E-state index contributed by atoms with van der Waals surface area (Å²) in [5.41, 5.74) is 2.84. The molecule has 0 radical (unpaired) electrons. The number of nitrogens with zero attached hydrogens (tertiary/aromatic N) is 1. The second-order valence-electron chi connectivity index (χ2n) is 7.14. The molecule has 0 aliphatic carbocycles. The van der Waals surface area contributed by atoms with Crippen molar-refractivity contribution in [2.45, 2.75) is 12.3 Å². The van der Waals surface area contributed by atoms with Gasteiger partial charge in [0, 0.05) is 11.3 Å². The number of rotatable bonds is 7. The van der Waals surface area contributed by atoms with Crippen LogP contribution < -0.4 is 19.7 Å². The molecule has 3 aromatic carbocycles. The van der Waals surface area contributed by atoms with Crippen LogP contribution in [-0.4, -0.2) is 31.3 Å². The van der Waals surface area contributed by atoms with Gasteiger partial charge < -0.3 is 14.8 Å². The first-order valence-corrected chi connectivity index (χ1v) is 11.4. The summed E-state index contributed by atoms with van der Waals surface area (Å²) in [5.74, 6) is 1.48. The molecule has 1 aliphatic heterocycles. The first kappa shape index (κ1) is 21.8. The third-order valence-electron chi connectivity index (χ3n) is 5.05. The third kappa shape index (κ3) is 4.57. The van der Waals surface area contributed by atoms with E-state index in [1.165, 1.54) is 0 Å². The fraction of sp³-hybridized carbons (Fsp3) is 0.200. The van der Waals surface area contributed by atoms with Crippen molar-refractivity contribution in [3.63, 3.8) is 0 Å². The molecule has 2 amide bonds. The van der Waals surface area contributed by atoms with Crippen LogP contribution in [0.3, 0.4) is 0 Å². The van der Waals surface area contributed by atoms with Gasteiger partial charge in [-0.25, -0.2) is 0 Å². The molecule has 1 saturated heterocycles. The van der Waals surface area contributed by atoms with E-state index in [2.05, 4.69) is 5.32 Å². The summed E-state index contributed by atoms with van der Waals surface area (Å²) in [6, 6.07) is 22.1. The Balaban J connectivity index is 1.59. The zero-order chi connectivity index (χ0) is 22.5. The summed E-state index contributed by atoms with van der Waals surface area (Å²) in [6.45, 7) is 2.44. The van der Waals surface area contributed by atoms with Gasteiger partial charge in [-0.3, -0.25) is 14.5 Å². The number of benzene rings is 3. The Morgan fingerprint density at radius 2 is 1.91 bits per heavy atom. The van der Waals surface area contributed by atoms with Gasteiger partial charge in [-0.05, 0) is 55.0 Å². The van der Waals surface area contributed by atoms with E-state index in [-0.39, 0.29) is 17.2 Å². The van der Waals surface area contributed by atoms with Crippen molar-refractivity contribution in [3.05, 3.63) is 83.9 Å². The maximum absolute atomic E-state index is 12.8. The molecule has 1 fully saturated rings. The van der Waals surface area contributed by atoms with Gasteiger partial charge >= 0.3 is 0 Å². The number of nitrogens with one attached hydrogen (secondary N) is 1. The van der Waals surface area contributed by atoms with Gasteiger partial charge in [0.25, 0.3) is 5.91 Å². The van der Waals surface area contributed by atoms with E-state index in [0.717, 1.165) is 11.3 Å². The van der Waals surface area contributed by atoms with Crippen LogP contribution in [0.15, 0.2) is 72.8 Å². The van der Waals surface area contributed by atoms with Crippen LogP contribution in [0.4, 0.5) is 11.4 Å². The van der Waals surface area contributed by atoms with Crippen molar-refractivity contribution in [3.8, 4) is 11.5 Å². The lowest BCUT2D eigenvalue weighted by molar-refractivity contribution is -0.115. The molecule has 1 heterocycles. The van der Waals surface area contributed by atoms with E-state index in [0.29, 0.717) is 35.1 Å². The monoisotopic (exact) mass is 448 g/mol. The molecule has 3 aromatic rings. The van der Waals surface area contributed by atoms with Gasteiger partial charge in [0.05, 0.1) is 25.2 Å². The smallest absolute Gasteiger partial charge is 0.255 e. The van der Waals surface area contributed by atoms with E-state index >= 15 is 0 Å². The summed E-state index contributed by atoms with van der Waals surface area (Å²) >= 11 is 1.55. The van der Waals surface area contributed by atoms with Crippen molar-refractivity contribution in [2.24, 2.45) is 0 Å². The number of hydrogen-bond donors (Lipinski definition) is 1. The van der Waals surface area contributed by atoms with Crippen LogP contribution in [0.5, 0.6) is 11.5 Å². The van der Waals surface area contributed by atoms with E-state index in [1.807, 2.05) is 55.5 Å². The van der Waals surface area contributed by atoms with Crippen molar-refractivity contribution >= 4 is 35.0 Å². The minimum absolute atomic E-state index is 0.0259. The Bertz CT molecular complexity index is 1130. The molecule has 0 spiro atoms. The molecule has 164 valence electrons. The topological polar surface area (TPSA) is 67.9 Å². The molecule has 32 heavy (non-hydrogen) atoms. The average molecular weight is 449 g/mol. The largest absolute Gasteiger partial charge is 0.497 e. The Morgan fingerprint density at radius 3 is 2.72 bits per heavy atom. The highest BCUT2D eigenvalue weighted by Gasteiger charge is 2.35. The first-order valence-electron chi connectivity index (χ1n) is 10.3. The van der Waals surface area contributed by atoms with Crippen molar-refractivity contribution in [2.75, 3.05) is 29.7 Å². The summed E-state index contributed by atoms with van der Waals surface area (Å²) in [7, 11) is 1.57. The lowest BCUT2D eigenvalue weighted by Crippen LogP contribution is -2.28. The van der Waals surface area contributed by atoms with Gasteiger partial charge in [0.15, 0.2) is 0 Å². The van der Waals surface area contributed by atoms with Crippen LogP contribution in [0.25, 0.3) is 0 Å². The maximum atomic E-state index is 12.8. The molecule has 0 aromatic heterocycles. The van der Waals surface area contributed by atoms with E-state index in [1.54, 1.807) is 48.0 Å². The van der Waals surface area contributed by atoms with Gasteiger partial charge in [-0.2, -0.15) is 0 Å². The highest BCUT2D eigenvalue weighted by Crippen LogP contribution is 2.45. The molecular weight excluding hydrogens is 424 g/mol. The fourth-order valence-electron chi connectivity index (χ4n) is 3.60. The second kappa shape index (κ2) is 9.78. The Labute approximate surface area is 191 Å². The number of amides is 2. The lowest BCUT2D eigenvalue weighted by atomic mass is 10.1. The third-order valence-corrected chi connectivity index (χ3v) is 6.27. The quantitative estimate of drug-likeness (QED) is 0.543. The van der Waals surface area contributed by atoms with E-state index in [9.17, 15) is 9.59 Å². The SMILES string of the molecule is CCOc1ccccc1N1C(=O)CSC1c1cccc(NC(=O)c2cccc(OC)c2)c1. The summed E-state index contributed by atoms with van der Waals surface area (Å²) in [4.78, 5) is 27.3. The van der Waals surface area contributed by atoms with Crippen LogP contribution in [0.2, 0.25) is 0 Å². The number of ether oxygens (including phenoxy) is 2. The maximum Gasteiger partial charge on any atom is 0.255 e. The predicted molar refractivity (Wildman–Crippen MR) is 128 cm³/mol. The molecule has 1 unspecified atom stereocenters. The lowest BCUT2D eigenvalue weighted by Gasteiger charge is -2.26. The number of thioether (sulfide) groups is 1. The van der Waals surface area contributed by atoms with Crippen LogP contribution in [0.1, 0.15) is 28.2 Å². The van der Waals surface area contributed by atoms with Crippen molar-refractivity contribution in [1.82, 2.24) is 0 Å². The first-order chi connectivity index (χ1) is 15.6. The van der Waals surface area contributed by atoms with Crippen molar-refractivity contribution < 1.29 is 19.1 Å². The predicted octanol–water partition coefficient (Wildman–Crippen LogP) is 5.12. The molecule has 6 nitrogen and oxygen atoms in total. The van der Waals surface area contributed by atoms with E-state index < -0.39 is 0 Å². The second-order valence-corrected chi connectivity index (χ2v) is 8.21. The van der Waals surface area contributed by atoms with Crippen molar-refractivity contribution in [1.29, 1.82) is 0 Å². The molecular formula is C25H24N2O4S. The zero-order valence-corrected chi connectivity index (χ0v) is 18.7. The highest BCUT2D eigenvalue weighted by atomic mass is 32.2. The molecule has 1 atom stereocenters. The summed E-state index contributed by atoms with van der Waals surface area (Å²) in [6.07, 6.45) is 0. The molecule has 0 saturated carbocycles. The van der Waals surface area contributed by atoms with Gasteiger partial charge in [0.1, 0.15) is 16.9 Å². The highest BCUT2D eigenvalue weighted by molar-refractivity contribution is 8.00. The standard InChI is InChI=1S/C25H24N2O4S/c1-3-31-22-13-5-4-12-21(22)27-23(28)16-32-25(27)18-9-6-10-19(14-18)26-24(29)17-8-7-11-20(15-17)30-2/h4-15,25H,3,16H2,1-2H3,(H,26,29). The van der Waals surface area contributed by atoms with Gasteiger partial charge in [-0.15, -0.1) is 11.8 Å². The fourth-order valence-corrected chi connectivity index (χ4v) is 4.76. The number of para-hydroxylation sites is 2. The minimum Gasteiger partial charge on any atom is -0.497 e. The molecule has 1 N–H and O–H groups in total. The summed E-state index contributed by atoms with van der Waals surface area (Å²) < 4.78 is 11.0. The zero-order valence-electron chi connectivity index (χ0n) is 17.9. The molecule has 0 bridgehead atoms. The van der Waals surface area contributed by atoms with Crippen LogP contribution in [0, 0.1) is 0 Å². The Hall–Kier alpha value is -3.45. The van der Waals surface area contributed by atoms with Gasteiger partial charge in [0.2, 0.25) is 5.91 Å². The summed E-state index contributed by atoms with van der Waals surface area (Å²) in [5, 5.41) is 2.73. The molecule has 7 heteroatoms. The average Bonchev–Trinajstić information content (AvgIpc) is 3.21. The number of carbonyl (C=O) groups excluding carboxylic acids is 2. The minimum atomic E-state index is -0.227. The normalized spacial score (nSPS) is 15.5. The molecule has 1 aliphatic rings. The molecule has 4 rings (SSSR count). The van der Waals surface area contributed by atoms with Crippen LogP contribution >= 0.6 is 11.8 Å². The number of hydrogen-bond acceptors (Lipinski definition) is 5. The Kier molecular flexibility index (Phi) is 6.66. The van der Waals surface area contributed by atoms with Crippen LogP contribution in [-0.2, 0) is 4.79 Å². The van der Waals surface area contributed by atoms with Gasteiger partial charge in [-0.1, -0.05) is 30.3 Å². The number of carbonyl (C=O) groups is 2. The number of methoxy groups -OCH3 is 1. The number of anilines is 2.